The molecule has 0 radical (unpaired) electrons. The van der Waals surface area contributed by atoms with Gasteiger partial charge in [-0.05, 0) is 66.0 Å². The summed E-state index contributed by atoms with van der Waals surface area (Å²) in [6.45, 7) is 2.74. The number of hydrogen-bond donors (Lipinski definition) is 1. The van der Waals surface area contributed by atoms with Gasteiger partial charge < -0.3 is 5.32 Å². The summed E-state index contributed by atoms with van der Waals surface area (Å²) in [6.07, 6.45) is 1.66. The van der Waals surface area contributed by atoms with Crippen molar-refractivity contribution in [2.45, 2.75) is 31.6 Å². The number of fused-ring (bicyclic) bond motifs is 1. The molecule has 1 N–H and O–H groups in total. The third-order valence-corrected chi connectivity index (χ3v) is 6.94. The molecule has 1 heterocycles. The highest BCUT2D eigenvalue weighted by Crippen LogP contribution is 2.57. The van der Waals surface area contributed by atoms with Crippen molar-refractivity contribution in [2.75, 3.05) is 6.54 Å². The van der Waals surface area contributed by atoms with E-state index in [1.54, 1.807) is 6.07 Å². The molecule has 1 aliphatic carbocycles. The number of nitrogens with zero attached hydrogens (tertiary/aromatic N) is 1. The van der Waals surface area contributed by atoms with Gasteiger partial charge in [-0.25, -0.2) is 0 Å². The predicted octanol–water partition coefficient (Wildman–Crippen LogP) is 5.28. The lowest BCUT2D eigenvalue weighted by Crippen LogP contribution is -2.41. The lowest BCUT2D eigenvalue weighted by Gasteiger charge is -2.45. The summed E-state index contributed by atoms with van der Waals surface area (Å²) in [5.74, 6) is 0.603. The van der Waals surface area contributed by atoms with E-state index in [9.17, 15) is 10.1 Å². The number of rotatable bonds is 2. The average molecular weight is 399 g/mol. The highest BCUT2D eigenvalue weighted by molar-refractivity contribution is 6.30. The zero-order valence-corrected chi connectivity index (χ0v) is 16.5. The van der Waals surface area contributed by atoms with Crippen LogP contribution in [-0.2, 0) is 4.79 Å². The third-order valence-electron chi connectivity index (χ3n) is 6.45. The van der Waals surface area contributed by atoms with Crippen molar-refractivity contribution in [3.8, 4) is 6.07 Å². The van der Waals surface area contributed by atoms with E-state index in [-0.39, 0.29) is 29.1 Å². The molecule has 1 saturated carbocycles. The molecule has 0 bridgehead atoms. The maximum Gasteiger partial charge on any atom is 0.226 e. The predicted molar refractivity (Wildman–Crippen MR) is 107 cm³/mol. The first kappa shape index (κ1) is 18.3. The third kappa shape index (κ3) is 3.02. The Kier molecular flexibility index (Phi) is 4.66. The zero-order valence-electron chi connectivity index (χ0n) is 15.0. The molecule has 4 atom stereocenters. The van der Waals surface area contributed by atoms with Crippen molar-refractivity contribution in [3.05, 3.63) is 69.2 Å². The molecule has 27 heavy (non-hydrogen) atoms. The van der Waals surface area contributed by atoms with Crippen LogP contribution in [0.5, 0.6) is 0 Å². The molecule has 4 unspecified atom stereocenters. The number of carbonyl (C=O) groups is 1. The Labute approximate surface area is 169 Å². The van der Waals surface area contributed by atoms with E-state index in [4.69, 9.17) is 23.2 Å². The standard InChI is InChI=1S/C22H20Cl2N2O/c1-22-9-8-18(17-7-6-16(24)10-14(17)11-25)20(19(22)12-26-21(22)27)13-2-4-15(23)5-3-13/h2-7,10,18-20H,8-9,12H2,1H3,(H,26,27). The molecule has 1 aliphatic heterocycles. The number of benzene rings is 2. The van der Waals surface area contributed by atoms with E-state index in [2.05, 4.69) is 30.4 Å². The van der Waals surface area contributed by atoms with Crippen LogP contribution in [-0.4, -0.2) is 12.5 Å². The number of amides is 1. The Morgan fingerprint density at radius 2 is 1.85 bits per heavy atom. The molecule has 138 valence electrons. The molecule has 3 nitrogen and oxygen atoms in total. The second-order valence-corrected chi connectivity index (χ2v) is 8.67. The molecule has 1 amide bonds. The van der Waals surface area contributed by atoms with E-state index < -0.39 is 0 Å². The van der Waals surface area contributed by atoms with Crippen LogP contribution in [0.15, 0.2) is 42.5 Å². The molecule has 1 saturated heterocycles. The van der Waals surface area contributed by atoms with Crippen LogP contribution >= 0.6 is 23.2 Å². The van der Waals surface area contributed by atoms with Crippen LogP contribution in [0.4, 0.5) is 0 Å². The largest absolute Gasteiger partial charge is 0.355 e. The fourth-order valence-corrected chi connectivity index (χ4v) is 5.28. The van der Waals surface area contributed by atoms with Crippen molar-refractivity contribution >= 4 is 29.1 Å². The molecular formula is C22H20Cl2N2O. The van der Waals surface area contributed by atoms with E-state index in [1.807, 2.05) is 24.3 Å². The number of halogens is 2. The van der Waals surface area contributed by atoms with Crippen molar-refractivity contribution in [1.82, 2.24) is 5.32 Å². The van der Waals surface area contributed by atoms with Crippen LogP contribution < -0.4 is 5.32 Å². The van der Waals surface area contributed by atoms with Gasteiger partial charge in [-0.1, -0.05) is 48.3 Å². The summed E-state index contributed by atoms with van der Waals surface area (Å²) >= 11 is 12.2. The van der Waals surface area contributed by atoms with Gasteiger partial charge in [-0.2, -0.15) is 5.26 Å². The van der Waals surface area contributed by atoms with E-state index in [0.29, 0.717) is 22.2 Å². The number of nitriles is 1. The lowest BCUT2D eigenvalue weighted by molar-refractivity contribution is -0.129. The summed E-state index contributed by atoms with van der Waals surface area (Å²) in [5.41, 5.74) is 2.42. The van der Waals surface area contributed by atoms with Gasteiger partial charge in [0.25, 0.3) is 0 Å². The second-order valence-electron chi connectivity index (χ2n) is 7.80. The Balaban J connectivity index is 1.85. The van der Waals surface area contributed by atoms with Crippen LogP contribution in [0, 0.1) is 22.7 Å². The van der Waals surface area contributed by atoms with Gasteiger partial charge in [0.1, 0.15) is 0 Å². The maximum atomic E-state index is 12.6. The molecule has 2 aliphatic rings. The fraction of sp³-hybridized carbons (Fsp3) is 0.364. The second kappa shape index (κ2) is 6.86. The highest BCUT2D eigenvalue weighted by Gasteiger charge is 2.54. The van der Waals surface area contributed by atoms with Crippen LogP contribution in [0.25, 0.3) is 0 Å². The first-order valence-corrected chi connectivity index (χ1v) is 9.93. The molecule has 4 rings (SSSR count). The zero-order chi connectivity index (χ0) is 19.2. The Morgan fingerprint density at radius 3 is 2.56 bits per heavy atom. The van der Waals surface area contributed by atoms with E-state index in [0.717, 1.165) is 24.0 Å². The monoisotopic (exact) mass is 398 g/mol. The number of nitrogens with one attached hydrogen (secondary N) is 1. The van der Waals surface area contributed by atoms with E-state index >= 15 is 0 Å². The summed E-state index contributed by atoms with van der Waals surface area (Å²) in [6, 6.07) is 15.8. The first-order chi connectivity index (χ1) is 12.9. The summed E-state index contributed by atoms with van der Waals surface area (Å²) in [4.78, 5) is 12.6. The Hall–Kier alpha value is -2.02. The van der Waals surface area contributed by atoms with Gasteiger partial charge in [-0.3, -0.25) is 4.79 Å². The smallest absolute Gasteiger partial charge is 0.226 e. The van der Waals surface area contributed by atoms with Crippen molar-refractivity contribution in [2.24, 2.45) is 11.3 Å². The normalized spacial score (nSPS) is 29.7. The minimum Gasteiger partial charge on any atom is -0.355 e. The average Bonchev–Trinajstić information content (AvgIpc) is 2.97. The van der Waals surface area contributed by atoms with Gasteiger partial charge in [0.2, 0.25) is 5.91 Å². The van der Waals surface area contributed by atoms with Gasteiger partial charge in [0.05, 0.1) is 17.0 Å². The molecule has 2 aromatic carbocycles. The minimum absolute atomic E-state index is 0.133. The summed E-state index contributed by atoms with van der Waals surface area (Å²) in [5, 5.41) is 14.0. The van der Waals surface area contributed by atoms with Gasteiger partial charge in [-0.15, -0.1) is 0 Å². The SMILES string of the molecule is CC12CCC(c3ccc(Cl)cc3C#N)C(c3ccc(Cl)cc3)C1CNC2=O. The first-order valence-electron chi connectivity index (χ1n) is 9.17. The quantitative estimate of drug-likeness (QED) is 0.747. The number of carbonyl (C=O) groups excluding carboxylic acids is 1. The Morgan fingerprint density at radius 1 is 1.15 bits per heavy atom. The van der Waals surface area contributed by atoms with Gasteiger partial charge in [0, 0.05) is 16.6 Å². The Bertz CT molecular complexity index is 934. The van der Waals surface area contributed by atoms with Gasteiger partial charge >= 0.3 is 0 Å². The molecule has 2 fully saturated rings. The van der Waals surface area contributed by atoms with Crippen LogP contribution in [0.1, 0.15) is 48.3 Å². The van der Waals surface area contributed by atoms with Crippen molar-refractivity contribution in [1.29, 1.82) is 5.26 Å². The summed E-state index contributed by atoms with van der Waals surface area (Å²) in [7, 11) is 0. The number of hydrogen-bond acceptors (Lipinski definition) is 2. The molecule has 2 aromatic rings. The molecular weight excluding hydrogens is 379 g/mol. The van der Waals surface area contributed by atoms with Crippen LogP contribution in [0.3, 0.4) is 0 Å². The van der Waals surface area contributed by atoms with Gasteiger partial charge in [0.15, 0.2) is 0 Å². The van der Waals surface area contributed by atoms with Crippen LogP contribution in [0.2, 0.25) is 10.0 Å². The summed E-state index contributed by atoms with van der Waals surface area (Å²) < 4.78 is 0. The lowest BCUT2D eigenvalue weighted by atomic mass is 9.57. The molecule has 5 heteroatoms. The topological polar surface area (TPSA) is 52.9 Å². The highest BCUT2D eigenvalue weighted by atomic mass is 35.5. The van der Waals surface area contributed by atoms with E-state index in [1.165, 1.54) is 0 Å². The minimum atomic E-state index is -0.375. The maximum absolute atomic E-state index is 12.6. The molecule has 0 aromatic heterocycles. The molecule has 0 spiro atoms. The van der Waals surface area contributed by atoms with Crippen molar-refractivity contribution < 1.29 is 4.79 Å². The fourth-order valence-electron chi connectivity index (χ4n) is 4.98. The van der Waals surface area contributed by atoms with Crippen molar-refractivity contribution in [3.63, 3.8) is 0 Å².